The summed E-state index contributed by atoms with van der Waals surface area (Å²) >= 11 is 0. The number of nitrogens with one attached hydrogen (secondary N) is 1. The Morgan fingerprint density at radius 1 is 1.28 bits per heavy atom. The number of esters is 1. The van der Waals surface area contributed by atoms with Gasteiger partial charge in [0.1, 0.15) is 11.7 Å². The molecular weight excluding hydrogens is 320 g/mol. The number of ether oxygens (including phenoxy) is 2. The molecule has 0 spiro atoms. The maximum atomic E-state index is 12.7. The second-order valence-corrected chi connectivity index (χ2v) is 5.81. The van der Waals surface area contributed by atoms with Crippen LogP contribution < -0.4 is 10.3 Å². The van der Waals surface area contributed by atoms with E-state index < -0.39 is 17.8 Å². The Hall–Kier alpha value is -2.89. The summed E-state index contributed by atoms with van der Waals surface area (Å²) in [5.41, 5.74) is 2.13. The summed E-state index contributed by atoms with van der Waals surface area (Å²) in [5.74, 6) is -0.973. The number of methoxy groups -OCH3 is 1. The molecule has 1 aliphatic rings. The third-order valence-electron chi connectivity index (χ3n) is 4.38. The van der Waals surface area contributed by atoms with E-state index in [9.17, 15) is 9.59 Å². The van der Waals surface area contributed by atoms with Gasteiger partial charge in [-0.25, -0.2) is 0 Å². The molecule has 0 saturated carbocycles. The summed E-state index contributed by atoms with van der Waals surface area (Å²) in [4.78, 5) is 32.4. The first kappa shape index (κ1) is 17.0. The Kier molecular flexibility index (Phi) is 4.70. The molecule has 3 rings (SSSR count). The first-order valence-corrected chi connectivity index (χ1v) is 8.14. The number of carbonyl (C=O) groups is 1. The minimum absolute atomic E-state index is 0.263. The number of fused-ring (bicyclic) bond motifs is 1. The van der Waals surface area contributed by atoms with E-state index in [0.717, 1.165) is 5.56 Å². The predicted octanol–water partition coefficient (Wildman–Crippen LogP) is 2.80. The number of benzene rings is 1. The van der Waals surface area contributed by atoms with E-state index in [-0.39, 0.29) is 12.2 Å². The van der Waals surface area contributed by atoms with Crippen LogP contribution >= 0.6 is 0 Å². The van der Waals surface area contributed by atoms with Crippen LogP contribution in [0.1, 0.15) is 30.9 Å². The number of hydrogen-bond acceptors (Lipinski definition) is 5. The van der Waals surface area contributed by atoms with Crippen molar-refractivity contribution in [2.24, 2.45) is 10.9 Å². The van der Waals surface area contributed by atoms with Crippen LogP contribution in [0.15, 0.2) is 46.3 Å². The molecule has 0 bridgehead atoms. The normalized spacial score (nSPS) is 18.9. The lowest BCUT2D eigenvalue weighted by molar-refractivity contribution is -0.146. The average Bonchev–Trinajstić information content (AvgIpc) is 2.60. The lowest BCUT2D eigenvalue weighted by atomic mass is 9.76. The lowest BCUT2D eigenvalue weighted by Gasteiger charge is -2.31. The number of aromatic nitrogens is 1. The van der Waals surface area contributed by atoms with Gasteiger partial charge < -0.3 is 14.5 Å². The van der Waals surface area contributed by atoms with Crippen LogP contribution in [-0.4, -0.2) is 30.4 Å². The second-order valence-electron chi connectivity index (χ2n) is 5.81. The standard InChI is InChI=1S/C19H20N2O4/c1-4-25-19(23)15-11(2)21-13-9-10-20-18(22)17(13)16(15)12-7-5-6-8-14(12)24-3/h5-10,15-16H,4H2,1-3H3,(H,20,22). The molecule has 0 radical (unpaired) electrons. The monoisotopic (exact) mass is 340 g/mol. The Labute approximate surface area is 145 Å². The van der Waals surface area contributed by atoms with Crippen LogP contribution in [0, 0.1) is 5.92 Å². The minimum atomic E-state index is -0.674. The molecule has 2 unspecified atom stereocenters. The van der Waals surface area contributed by atoms with Crippen molar-refractivity contribution in [3.8, 4) is 5.75 Å². The molecule has 2 atom stereocenters. The van der Waals surface area contributed by atoms with E-state index in [2.05, 4.69) is 9.98 Å². The number of H-pyrrole nitrogens is 1. The largest absolute Gasteiger partial charge is 0.496 e. The second kappa shape index (κ2) is 6.93. The SMILES string of the molecule is CCOC(=O)C1C(C)=Nc2cc[nH]c(=O)c2C1c1ccccc1OC. The number of aromatic amines is 1. The number of aliphatic imine (C=N–C) groups is 1. The Morgan fingerprint density at radius 3 is 2.76 bits per heavy atom. The fourth-order valence-corrected chi connectivity index (χ4v) is 3.34. The third-order valence-corrected chi connectivity index (χ3v) is 4.38. The zero-order valence-corrected chi connectivity index (χ0v) is 14.4. The summed E-state index contributed by atoms with van der Waals surface area (Å²) in [5, 5.41) is 0. The molecule has 1 aromatic heterocycles. The summed E-state index contributed by atoms with van der Waals surface area (Å²) in [6.45, 7) is 3.81. The Bertz CT molecular complexity index is 885. The van der Waals surface area contributed by atoms with Gasteiger partial charge in [-0.15, -0.1) is 0 Å². The molecule has 2 aromatic rings. The fourth-order valence-electron chi connectivity index (χ4n) is 3.34. The van der Waals surface area contributed by atoms with Crippen molar-refractivity contribution in [1.82, 2.24) is 4.98 Å². The number of pyridine rings is 1. The molecule has 130 valence electrons. The van der Waals surface area contributed by atoms with Crippen molar-refractivity contribution in [2.45, 2.75) is 19.8 Å². The quantitative estimate of drug-likeness (QED) is 0.868. The van der Waals surface area contributed by atoms with E-state index >= 15 is 0 Å². The molecule has 1 aromatic carbocycles. The van der Waals surface area contributed by atoms with E-state index in [0.29, 0.717) is 22.7 Å². The molecule has 0 fully saturated rings. The van der Waals surface area contributed by atoms with Gasteiger partial charge in [0.05, 0.1) is 25.0 Å². The number of rotatable bonds is 4. The van der Waals surface area contributed by atoms with Crippen molar-refractivity contribution < 1.29 is 14.3 Å². The highest BCUT2D eigenvalue weighted by Gasteiger charge is 2.41. The van der Waals surface area contributed by atoms with Gasteiger partial charge in [-0.1, -0.05) is 18.2 Å². The van der Waals surface area contributed by atoms with Crippen LogP contribution in [-0.2, 0) is 9.53 Å². The maximum Gasteiger partial charge on any atom is 0.315 e. The van der Waals surface area contributed by atoms with Crippen molar-refractivity contribution in [2.75, 3.05) is 13.7 Å². The molecule has 0 amide bonds. The number of para-hydroxylation sites is 1. The van der Waals surface area contributed by atoms with Crippen molar-refractivity contribution in [3.63, 3.8) is 0 Å². The fraction of sp³-hybridized carbons (Fsp3) is 0.316. The molecule has 0 saturated heterocycles. The molecule has 1 N–H and O–H groups in total. The molecule has 6 nitrogen and oxygen atoms in total. The van der Waals surface area contributed by atoms with Gasteiger partial charge in [-0.2, -0.15) is 0 Å². The average molecular weight is 340 g/mol. The van der Waals surface area contributed by atoms with E-state index in [1.165, 1.54) is 0 Å². The predicted molar refractivity (Wildman–Crippen MR) is 94.8 cm³/mol. The molecule has 25 heavy (non-hydrogen) atoms. The van der Waals surface area contributed by atoms with Crippen LogP contribution in [0.2, 0.25) is 0 Å². The smallest absolute Gasteiger partial charge is 0.315 e. The summed E-state index contributed by atoms with van der Waals surface area (Å²) in [6.07, 6.45) is 1.56. The summed E-state index contributed by atoms with van der Waals surface area (Å²) in [7, 11) is 1.57. The van der Waals surface area contributed by atoms with Crippen LogP contribution in [0.5, 0.6) is 5.75 Å². The Morgan fingerprint density at radius 2 is 2.04 bits per heavy atom. The van der Waals surface area contributed by atoms with Crippen molar-refractivity contribution in [1.29, 1.82) is 0 Å². The van der Waals surface area contributed by atoms with Gasteiger partial charge in [-0.3, -0.25) is 14.6 Å². The molecule has 0 aliphatic carbocycles. The third kappa shape index (κ3) is 2.95. The van der Waals surface area contributed by atoms with Gasteiger partial charge in [-0.05, 0) is 26.0 Å². The number of hydrogen-bond donors (Lipinski definition) is 1. The minimum Gasteiger partial charge on any atom is -0.496 e. The van der Waals surface area contributed by atoms with Crippen molar-refractivity contribution in [3.05, 3.63) is 58.0 Å². The van der Waals surface area contributed by atoms with Gasteiger partial charge >= 0.3 is 5.97 Å². The highest BCUT2D eigenvalue weighted by Crippen LogP contribution is 2.43. The number of nitrogens with zero attached hydrogens (tertiary/aromatic N) is 1. The number of carbonyl (C=O) groups excluding carboxylic acids is 1. The first-order valence-electron chi connectivity index (χ1n) is 8.14. The molecule has 6 heteroatoms. The highest BCUT2D eigenvalue weighted by molar-refractivity contribution is 6.05. The van der Waals surface area contributed by atoms with Crippen molar-refractivity contribution >= 4 is 17.4 Å². The van der Waals surface area contributed by atoms with Gasteiger partial charge in [0.25, 0.3) is 5.56 Å². The van der Waals surface area contributed by atoms with Gasteiger partial charge in [0.2, 0.25) is 0 Å². The van der Waals surface area contributed by atoms with E-state index in [1.54, 1.807) is 33.2 Å². The van der Waals surface area contributed by atoms with Crippen LogP contribution in [0.4, 0.5) is 5.69 Å². The van der Waals surface area contributed by atoms with Gasteiger partial charge in [0, 0.05) is 23.4 Å². The zero-order chi connectivity index (χ0) is 18.0. The topological polar surface area (TPSA) is 80.8 Å². The highest BCUT2D eigenvalue weighted by atomic mass is 16.5. The van der Waals surface area contributed by atoms with E-state index in [1.807, 2.05) is 24.3 Å². The maximum absolute atomic E-state index is 12.7. The first-order chi connectivity index (χ1) is 12.1. The summed E-state index contributed by atoms with van der Waals surface area (Å²) < 4.78 is 10.7. The van der Waals surface area contributed by atoms with Crippen LogP contribution in [0.3, 0.4) is 0 Å². The van der Waals surface area contributed by atoms with E-state index in [4.69, 9.17) is 9.47 Å². The summed E-state index contributed by atoms with van der Waals surface area (Å²) in [6, 6.07) is 9.13. The lowest BCUT2D eigenvalue weighted by Crippen LogP contribution is -2.36. The van der Waals surface area contributed by atoms with Gasteiger partial charge in [0.15, 0.2) is 0 Å². The molecular formula is C19H20N2O4. The van der Waals surface area contributed by atoms with Crippen LogP contribution in [0.25, 0.3) is 0 Å². The molecule has 2 heterocycles. The zero-order valence-electron chi connectivity index (χ0n) is 14.4. The molecule has 1 aliphatic heterocycles. The Balaban J connectivity index is 2.27.